The van der Waals surface area contributed by atoms with Gasteiger partial charge in [0.1, 0.15) is 6.67 Å². The first-order valence-electron chi connectivity index (χ1n) is 9.78. The third-order valence-corrected chi connectivity index (χ3v) is 5.47. The number of carbonyl (C=O) groups excluding carboxylic acids is 3. The monoisotopic (exact) mass is 398 g/mol. The summed E-state index contributed by atoms with van der Waals surface area (Å²) in [6, 6.07) is 19.7. The van der Waals surface area contributed by atoms with Crippen molar-refractivity contribution in [3.05, 3.63) is 100 Å². The second-order valence-corrected chi connectivity index (χ2v) is 7.60. The van der Waals surface area contributed by atoms with Crippen molar-refractivity contribution in [1.29, 1.82) is 0 Å². The lowest BCUT2D eigenvalue weighted by Gasteiger charge is -2.28. The molecule has 1 aliphatic rings. The number of aryl methyl sites for hydroxylation is 3. The maximum absolute atomic E-state index is 13.4. The maximum Gasteiger partial charge on any atom is 0.263 e. The van der Waals surface area contributed by atoms with E-state index in [0.29, 0.717) is 22.4 Å². The van der Waals surface area contributed by atoms with E-state index in [1.165, 1.54) is 4.90 Å². The van der Waals surface area contributed by atoms with Crippen molar-refractivity contribution in [2.45, 2.75) is 20.8 Å². The minimum absolute atomic E-state index is 0.151. The Balaban J connectivity index is 1.74. The SMILES string of the molecule is Cc1cccc(C(=O)N(CN2C(=O)c3ccccc3C2=O)c2ccc(C)c(C)c2)c1. The van der Waals surface area contributed by atoms with Gasteiger partial charge in [-0.25, -0.2) is 0 Å². The zero-order chi connectivity index (χ0) is 21.4. The number of rotatable bonds is 4. The van der Waals surface area contributed by atoms with Crippen molar-refractivity contribution in [1.82, 2.24) is 4.90 Å². The summed E-state index contributed by atoms with van der Waals surface area (Å²) in [5.41, 5.74) is 4.96. The molecule has 30 heavy (non-hydrogen) atoms. The summed E-state index contributed by atoms with van der Waals surface area (Å²) in [4.78, 5) is 41.8. The minimum atomic E-state index is -0.388. The van der Waals surface area contributed by atoms with Crippen molar-refractivity contribution in [2.75, 3.05) is 11.6 Å². The van der Waals surface area contributed by atoms with E-state index in [0.717, 1.165) is 21.6 Å². The van der Waals surface area contributed by atoms with Gasteiger partial charge in [-0.05, 0) is 68.3 Å². The highest BCUT2D eigenvalue weighted by Crippen LogP contribution is 2.26. The Hall–Kier alpha value is -3.73. The van der Waals surface area contributed by atoms with Crippen molar-refractivity contribution in [2.24, 2.45) is 0 Å². The first-order valence-corrected chi connectivity index (χ1v) is 9.78. The lowest BCUT2D eigenvalue weighted by molar-refractivity contribution is 0.0650. The summed E-state index contributed by atoms with van der Waals surface area (Å²) in [7, 11) is 0. The lowest BCUT2D eigenvalue weighted by atomic mass is 10.1. The predicted octanol–water partition coefficient (Wildman–Crippen LogP) is 4.51. The smallest absolute Gasteiger partial charge is 0.263 e. The van der Waals surface area contributed by atoms with Crippen LogP contribution in [0.25, 0.3) is 0 Å². The summed E-state index contributed by atoms with van der Waals surface area (Å²) in [6.07, 6.45) is 0. The molecular weight excluding hydrogens is 376 g/mol. The van der Waals surface area contributed by atoms with Gasteiger partial charge in [-0.1, -0.05) is 35.9 Å². The average Bonchev–Trinajstić information content (AvgIpc) is 2.98. The van der Waals surface area contributed by atoms with E-state index in [2.05, 4.69) is 0 Å². The molecule has 0 fully saturated rings. The number of imide groups is 1. The van der Waals surface area contributed by atoms with Gasteiger partial charge in [-0.3, -0.25) is 24.2 Å². The van der Waals surface area contributed by atoms with Crippen LogP contribution in [0.3, 0.4) is 0 Å². The van der Waals surface area contributed by atoms with Crippen LogP contribution in [0.15, 0.2) is 66.7 Å². The van der Waals surface area contributed by atoms with Crippen LogP contribution in [0.5, 0.6) is 0 Å². The fourth-order valence-corrected chi connectivity index (χ4v) is 3.60. The number of benzene rings is 3. The quantitative estimate of drug-likeness (QED) is 0.608. The van der Waals surface area contributed by atoms with Gasteiger partial charge in [0.2, 0.25) is 0 Å². The summed E-state index contributed by atoms with van der Waals surface area (Å²) in [5, 5.41) is 0. The van der Waals surface area contributed by atoms with Gasteiger partial charge >= 0.3 is 0 Å². The normalized spacial score (nSPS) is 12.8. The predicted molar refractivity (Wildman–Crippen MR) is 116 cm³/mol. The fraction of sp³-hybridized carbons (Fsp3) is 0.160. The molecule has 0 N–H and O–H groups in total. The molecule has 150 valence electrons. The molecule has 5 heteroatoms. The molecular formula is C25H22N2O3. The Kier molecular flexibility index (Phi) is 4.96. The average molecular weight is 398 g/mol. The third kappa shape index (κ3) is 3.39. The molecule has 1 heterocycles. The molecule has 4 rings (SSSR count). The number of nitrogens with zero attached hydrogens (tertiary/aromatic N) is 2. The molecule has 0 saturated carbocycles. The zero-order valence-corrected chi connectivity index (χ0v) is 17.2. The first-order chi connectivity index (χ1) is 14.4. The standard InChI is InChI=1S/C25H22N2O3/c1-16-7-6-8-19(13-16)23(28)26(20-12-11-17(2)18(3)14-20)15-27-24(29)21-9-4-5-10-22(21)25(27)30/h4-14H,15H2,1-3H3. The highest BCUT2D eigenvalue weighted by Gasteiger charge is 2.37. The van der Waals surface area contributed by atoms with Crippen LogP contribution < -0.4 is 4.90 Å². The summed E-state index contributed by atoms with van der Waals surface area (Å²) in [5.74, 6) is -1.04. The number of fused-ring (bicyclic) bond motifs is 1. The van der Waals surface area contributed by atoms with Crippen molar-refractivity contribution >= 4 is 23.4 Å². The maximum atomic E-state index is 13.4. The van der Waals surface area contributed by atoms with Crippen molar-refractivity contribution in [3.63, 3.8) is 0 Å². The molecule has 0 aromatic heterocycles. The fourth-order valence-electron chi connectivity index (χ4n) is 3.60. The Morgan fingerprint density at radius 2 is 1.47 bits per heavy atom. The summed E-state index contributed by atoms with van der Waals surface area (Å²) < 4.78 is 0. The highest BCUT2D eigenvalue weighted by atomic mass is 16.2. The molecule has 0 bridgehead atoms. The van der Waals surface area contributed by atoms with E-state index in [1.807, 2.05) is 51.1 Å². The van der Waals surface area contributed by atoms with Gasteiger partial charge < -0.3 is 0 Å². The van der Waals surface area contributed by atoms with Gasteiger partial charge in [0.15, 0.2) is 0 Å². The zero-order valence-electron chi connectivity index (χ0n) is 17.2. The largest absolute Gasteiger partial charge is 0.290 e. The van der Waals surface area contributed by atoms with Crippen LogP contribution in [0.1, 0.15) is 47.8 Å². The molecule has 0 aliphatic carbocycles. The Morgan fingerprint density at radius 1 is 0.800 bits per heavy atom. The van der Waals surface area contributed by atoms with Crippen LogP contribution in [0, 0.1) is 20.8 Å². The molecule has 0 spiro atoms. The van der Waals surface area contributed by atoms with Gasteiger partial charge in [0.05, 0.1) is 11.1 Å². The number of hydrogen-bond acceptors (Lipinski definition) is 3. The molecule has 0 saturated heterocycles. The summed E-state index contributed by atoms with van der Waals surface area (Å²) in [6.45, 7) is 5.73. The van der Waals surface area contributed by atoms with E-state index in [4.69, 9.17) is 0 Å². The van der Waals surface area contributed by atoms with Crippen LogP contribution in [0.2, 0.25) is 0 Å². The van der Waals surface area contributed by atoms with Gasteiger partial charge in [0, 0.05) is 11.3 Å². The summed E-state index contributed by atoms with van der Waals surface area (Å²) >= 11 is 0. The second-order valence-electron chi connectivity index (χ2n) is 7.60. The molecule has 0 atom stereocenters. The van der Waals surface area contributed by atoms with Crippen LogP contribution in [-0.2, 0) is 0 Å². The van der Waals surface area contributed by atoms with E-state index in [9.17, 15) is 14.4 Å². The number of carbonyl (C=O) groups is 3. The van der Waals surface area contributed by atoms with E-state index in [1.54, 1.807) is 36.4 Å². The Morgan fingerprint density at radius 3 is 2.07 bits per heavy atom. The molecule has 0 unspecified atom stereocenters. The van der Waals surface area contributed by atoms with Crippen LogP contribution >= 0.6 is 0 Å². The van der Waals surface area contributed by atoms with Crippen LogP contribution in [-0.4, -0.2) is 29.3 Å². The topological polar surface area (TPSA) is 57.7 Å². The molecule has 5 nitrogen and oxygen atoms in total. The molecule has 0 radical (unpaired) electrons. The lowest BCUT2D eigenvalue weighted by Crippen LogP contribution is -2.44. The van der Waals surface area contributed by atoms with Crippen molar-refractivity contribution < 1.29 is 14.4 Å². The Labute approximate surface area is 175 Å². The van der Waals surface area contributed by atoms with E-state index in [-0.39, 0.29) is 24.4 Å². The molecule has 1 aliphatic heterocycles. The second kappa shape index (κ2) is 7.59. The van der Waals surface area contributed by atoms with Crippen LogP contribution in [0.4, 0.5) is 5.69 Å². The highest BCUT2D eigenvalue weighted by molar-refractivity contribution is 6.22. The van der Waals surface area contributed by atoms with Gasteiger partial charge in [-0.2, -0.15) is 0 Å². The van der Waals surface area contributed by atoms with E-state index >= 15 is 0 Å². The molecule has 3 amide bonds. The Bertz CT molecular complexity index is 1150. The number of amides is 3. The van der Waals surface area contributed by atoms with E-state index < -0.39 is 0 Å². The number of hydrogen-bond donors (Lipinski definition) is 0. The molecule has 3 aromatic carbocycles. The van der Waals surface area contributed by atoms with Crippen molar-refractivity contribution in [3.8, 4) is 0 Å². The van der Waals surface area contributed by atoms with Gasteiger partial charge in [-0.15, -0.1) is 0 Å². The minimum Gasteiger partial charge on any atom is -0.290 e. The first kappa shape index (κ1) is 19.6. The molecule has 3 aromatic rings. The van der Waals surface area contributed by atoms with Gasteiger partial charge in [0.25, 0.3) is 17.7 Å². The third-order valence-electron chi connectivity index (χ3n) is 5.47. The number of anilines is 1.